The summed E-state index contributed by atoms with van der Waals surface area (Å²) in [4.78, 5) is 11.0. The predicted octanol–water partition coefficient (Wildman–Crippen LogP) is 4.37. The lowest BCUT2D eigenvalue weighted by atomic mass is 10.0. The summed E-state index contributed by atoms with van der Waals surface area (Å²) in [5, 5.41) is 9.85. The van der Waals surface area contributed by atoms with Crippen LogP contribution in [0.25, 0.3) is 11.1 Å². The maximum absolute atomic E-state index is 11.0. The van der Waals surface area contributed by atoms with Crippen LogP contribution in [0.15, 0.2) is 36.4 Å². The topological polar surface area (TPSA) is 46.5 Å². The molecule has 0 spiro atoms. The van der Waals surface area contributed by atoms with Crippen LogP contribution in [0.4, 0.5) is 0 Å². The molecule has 0 atom stereocenters. The van der Waals surface area contributed by atoms with Gasteiger partial charge in [0.25, 0.3) is 0 Å². The van der Waals surface area contributed by atoms with Crippen LogP contribution in [-0.2, 0) is 0 Å². The standard InChI is InChI=1S/C14H10Cl2O3/c1-19-13-11(6-10(15)7-12(13)16)8-3-2-4-9(5-8)14(17)18/h2-7H,1H3,(H,17,18). The maximum atomic E-state index is 11.0. The maximum Gasteiger partial charge on any atom is 0.335 e. The van der Waals surface area contributed by atoms with Crippen molar-refractivity contribution in [3.8, 4) is 16.9 Å². The van der Waals surface area contributed by atoms with Crippen molar-refractivity contribution in [2.24, 2.45) is 0 Å². The van der Waals surface area contributed by atoms with Crippen molar-refractivity contribution in [3.63, 3.8) is 0 Å². The number of rotatable bonds is 3. The number of halogens is 2. The number of ether oxygens (including phenoxy) is 1. The molecule has 19 heavy (non-hydrogen) atoms. The summed E-state index contributed by atoms with van der Waals surface area (Å²) in [6.07, 6.45) is 0. The molecular weight excluding hydrogens is 287 g/mol. The van der Waals surface area contributed by atoms with Gasteiger partial charge in [-0.2, -0.15) is 0 Å². The van der Waals surface area contributed by atoms with Crippen molar-refractivity contribution in [1.82, 2.24) is 0 Å². The van der Waals surface area contributed by atoms with Gasteiger partial charge in [0.05, 0.1) is 17.7 Å². The molecule has 2 aromatic carbocycles. The van der Waals surface area contributed by atoms with E-state index >= 15 is 0 Å². The van der Waals surface area contributed by atoms with Crippen LogP contribution in [0.1, 0.15) is 10.4 Å². The van der Waals surface area contributed by atoms with Gasteiger partial charge >= 0.3 is 5.97 Å². The van der Waals surface area contributed by atoms with Crippen LogP contribution >= 0.6 is 23.2 Å². The number of carboxylic acids is 1. The van der Waals surface area contributed by atoms with E-state index in [0.29, 0.717) is 26.9 Å². The molecule has 0 bridgehead atoms. The van der Waals surface area contributed by atoms with Gasteiger partial charge in [0.15, 0.2) is 0 Å². The largest absolute Gasteiger partial charge is 0.495 e. The number of aromatic carboxylic acids is 1. The molecule has 1 N–H and O–H groups in total. The second kappa shape index (κ2) is 5.51. The second-order valence-corrected chi connectivity index (χ2v) is 4.70. The monoisotopic (exact) mass is 296 g/mol. The number of methoxy groups -OCH3 is 1. The van der Waals surface area contributed by atoms with Crippen LogP contribution in [0, 0.1) is 0 Å². The van der Waals surface area contributed by atoms with Gasteiger partial charge in [0, 0.05) is 10.6 Å². The number of hydrogen-bond donors (Lipinski definition) is 1. The van der Waals surface area contributed by atoms with E-state index in [0.717, 1.165) is 0 Å². The van der Waals surface area contributed by atoms with Crippen LogP contribution in [-0.4, -0.2) is 18.2 Å². The fourth-order valence-electron chi connectivity index (χ4n) is 1.80. The molecule has 0 radical (unpaired) electrons. The Morgan fingerprint density at radius 3 is 2.58 bits per heavy atom. The summed E-state index contributed by atoms with van der Waals surface area (Å²) in [7, 11) is 1.50. The summed E-state index contributed by atoms with van der Waals surface area (Å²) < 4.78 is 5.25. The number of hydrogen-bond acceptors (Lipinski definition) is 2. The zero-order chi connectivity index (χ0) is 14.0. The Hall–Kier alpha value is -1.71. The first kappa shape index (κ1) is 13.7. The van der Waals surface area contributed by atoms with E-state index in [-0.39, 0.29) is 5.56 Å². The van der Waals surface area contributed by atoms with E-state index in [2.05, 4.69) is 0 Å². The Balaban J connectivity index is 2.64. The van der Waals surface area contributed by atoms with Gasteiger partial charge < -0.3 is 9.84 Å². The molecule has 2 aromatic rings. The minimum Gasteiger partial charge on any atom is -0.495 e. The first-order chi connectivity index (χ1) is 9.02. The molecule has 2 rings (SSSR count). The van der Waals surface area contributed by atoms with E-state index in [4.69, 9.17) is 33.0 Å². The number of carboxylic acid groups (broad SMARTS) is 1. The molecule has 0 unspecified atom stereocenters. The Morgan fingerprint density at radius 1 is 1.21 bits per heavy atom. The second-order valence-electron chi connectivity index (χ2n) is 3.85. The molecule has 0 saturated heterocycles. The van der Waals surface area contributed by atoms with Crippen LogP contribution in [0.5, 0.6) is 5.75 Å². The number of carbonyl (C=O) groups is 1. The van der Waals surface area contributed by atoms with Gasteiger partial charge in [-0.1, -0.05) is 35.3 Å². The highest BCUT2D eigenvalue weighted by molar-refractivity contribution is 6.36. The highest BCUT2D eigenvalue weighted by Gasteiger charge is 2.13. The normalized spacial score (nSPS) is 10.3. The Morgan fingerprint density at radius 2 is 1.95 bits per heavy atom. The molecule has 0 aliphatic heterocycles. The van der Waals surface area contributed by atoms with Crippen molar-refractivity contribution in [3.05, 3.63) is 52.0 Å². The molecule has 0 amide bonds. The molecule has 0 fully saturated rings. The van der Waals surface area contributed by atoms with Gasteiger partial charge in [0.1, 0.15) is 5.75 Å². The number of benzene rings is 2. The van der Waals surface area contributed by atoms with E-state index in [1.807, 2.05) is 0 Å². The van der Waals surface area contributed by atoms with E-state index < -0.39 is 5.97 Å². The SMILES string of the molecule is COc1c(Cl)cc(Cl)cc1-c1cccc(C(=O)O)c1. The Labute approximate surface area is 120 Å². The zero-order valence-electron chi connectivity index (χ0n) is 9.98. The Bertz CT molecular complexity index is 639. The van der Waals surface area contributed by atoms with Crippen molar-refractivity contribution >= 4 is 29.2 Å². The minimum atomic E-state index is -0.992. The summed E-state index contributed by atoms with van der Waals surface area (Å²) in [6.45, 7) is 0. The third-order valence-electron chi connectivity index (χ3n) is 2.63. The first-order valence-corrected chi connectivity index (χ1v) is 6.15. The highest BCUT2D eigenvalue weighted by atomic mass is 35.5. The quantitative estimate of drug-likeness (QED) is 0.915. The summed E-state index contributed by atoms with van der Waals surface area (Å²) in [5.41, 5.74) is 1.53. The third-order valence-corrected chi connectivity index (χ3v) is 3.13. The fourth-order valence-corrected chi connectivity index (χ4v) is 2.37. The van der Waals surface area contributed by atoms with Crippen LogP contribution < -0.4 is 4.74 Å². The molecule has 3 nitrogen and oxygen atoms in total. The predicted molar refractivity (Wildman–Crippen MR) is 75.4 cm³/mol. The Kier molecular flexibility index (Phi) is 3.98. The van der Waals surface area contributed by atoms with Crippen molar-refractivity contribution in [2.75, 3.05) is 7.11 Å². The van der Waals surface area contributed by atoms with Gasteiger partial charge in [-0.15, -0.1) is 0 Å². The minimum absolute atomic E-state index is 0.190. The average molecular weight is 297 g/mol. The summed E-state index contributed by atoms with van der Waals surface area (Å²) >= 11 is 12.0. The highest BCUT2D eigenvalue weighted by Crippen LogP contribution is 2.38. The van der Waals surface area contributed by atoms with Crippen LogP contribution in [0.3, 0.4) is 0 Å². The smallest absolute Gasteiger partial charge is 0.335 e. The summed E-state index contributed by atoms with van der Waals surface area (Å²) in [6, 6.07) is 9.76. The molecule has 98 valence electrons. The van der Waals surface area contributed by atoms with Crippen molar-refractivity contribution < 1.29 is 14.6 Å². The molecule has 0 heterocycles. The van der Waals surface area contributed by atoms with E-state index in [1.54, 1.807) is 30.3 Å². The average Bonchev–Trinajstić information content (AvgIpc) is 2.38. The van der Waals surface area contributed by atoms with Gasteiger partial charge in [0.2, 0.25) is 0 Å². The van der Waals surface area contributed by atoms with Gasteiger partial charge in [-0.05, 0) is 29.8 Å². The van der Waals surface area contributed by atoms with Gasteiger partial charge in [-0.25, -0.2) is 4.79 Å². The molecule has 5 heteroatoms. The van der Waals surface area contributed by atoms with Crippen molar-refractivity contribution in [1.29, 1.82) is 0 Å². The summed E-state index contributed by atoms with van der Waals surface area (Å²) in [5.74, 6) is -0.525. The lowest BCUT2D eigenvalue weighted by Crippen LogP contribution is -1.96. The molecule has 0 saturated carbocycles. The molecule has 0 aliphatic carbocycles. The molecule has 0 aromatic heterocycles. The van der Waals surface area contributed by atoms with Crippen LogP contribution in [0.2, 0.25) is 10.0 Å². The molecular formula is C14H10Cl2O3. The lowest BCUT2D eigenvalue weighted by molar-refractivity contribution is 0.0697. The fraction of sp³-hybridized carbons (Fsp3) is 0.0714. The third kappa shape index (κ3) is 2.83. The lowest BCUT2D eigenvalue weighted by Gasteiger charge is -2.11. The van der Waals surface area contributed by atoms with E-state index in [9.17, 15) is 4.79 Å². The zero-order valence-corrected chi connectivity index (χ0v) is 11.5. The van der Waals surface area contributed by atoms with Gasteiger partial charge in [-0.3, -0.25) is 0 Å². The molecule has 0 aliphatic rings. The first-order valence-electron chi connectivity index (χ1n) is 5.39. The van der Waals surface area contributed by atoms with E-state index in [1.165, 1.54) is 13.2 Å². The van der Waals surface area contributed by atoms with Crippen molar-refractivity contribution in [2.45, 2.75) is 0 Å².